The molecule has 0 aliphatic heterocycles. The molecule has 0 atom stereocenters. The Bertz CT molecular complexity index is 720. The fourth-order valence-corrected chi connectivity index (χ4v) is 2.09. The number of carbonyl (C=O) groups excluding carboxylic acids is 2. The van der Waals surface area contributed by atoms with Crippen LogP contribution in [0.5, 0.6) is 0 Å². The van der Waals surface area contributed by atoms with Gasteiger partial charge in [0.1, 0.15) is 12.2 Å². The molecule has 0 aliphatic rings. The van der Waals surface area contributed by atoms with Gasteiger partial charge in [-0.2, -0.15) is 0 Å². The summed E-state index contributed by atoms with van der Waals surface area (Å²) < 4.78 is 0. The molecule has 1 aromatic rings. The number of anilines is 1. The fourth-order valence-electron chi connectivity index (χ4n) is 2.09. The first kappa shape index (κ1) is 19.8. The molecule has 1 amide bonds. The maximum atomic E-state index is 11.2. The highest BCUT2D eigenvalue weighted by molar-refractivity contribution is 6.24. The molecule has 0 saturated carbocycles. The van der Waals surface area contributed by atoms with Crippen LogP contribution in [-0.4, -0.2) is 24.4 Å². The van der Waals surface area contributed by atoms with Crippen molar-refractivity contribution in [2.75, 3.05) is 5.73 Å². The summed E-state index contributed by atoms with van der Waals surface area (Å²) in [5.74, 6) is -0.444. The third-order valence-corrected chi connectivity index (χ3v) is 3.33. The van der Waals surface area contributed by atoms with Gasteiger partial charge in [0.05, 0.1) is 0 Å². The number of nitrogens with zero attached hydrogens (tertiary/aromatic N) is 1. The molecule has 0 aliphatic carbocycles. The van der Waals surface area contributed by atoms with Crippen molar-refractivity contribution in [2.24, 2.45) is 10.7 Å². The summed E-state index contributed by atoms with van der Waals surface area (Å²) >= 11 is 0. The third-order valence-electron chi connectivity index (χ3n) is 3.33. The standard InChI is InChI=1S/C18H23N5O2/c1-2-3-6-15(23-17(25)11-24)7-4-5-13-10-14(8-9-16(13)20)18(21)22-12-19/h3,6-12H,2,4-5,20H2,1H3,(H,23,25)(H3,19,21,22)/b6-3-,15-7+. The summed E-state index contributed by atoms with van der Waals surface area (Å²) in [6, 6.07) is 5.32. The van der Waals surface area contributed by atoms with Crippen LogP contribution in [0.1, 0.15) is 30.9 Å². The molecule has 0 saturated heterocycles. The number of nitrogens with one attached hydrogen (secondary N) is 2. The normalized spacial score (nSPS) is 12.2. The highest BCUT2D eigenvalue weighted by Gasteiger charge is 2.05. The summed E-state index contributed by atoms with van der Waals surface area (Å²) in [6.45, 7) is 1.97. The average molecular weight is 341 g/mol. The van der Waals surface area contributed by atoms with E-state index in [4.69, 9.17) is 16.9 Å². The van der Waals surface area contributed by atoms with E-state index in [1.165, 1.54) is 0 Å². The van der Waals surface area contributed by atoms with Crippen LogP contribution in [0.25, 0.3) is 0 Å². The Hall–Kier alpha value is -3.22. The molecule has 7 heteroatoms. The Morgan fingerprint density at radius 2 is 2.16 bits per heavy atom. The van der Waals surface area contributed by atoms with E-state index in [-0.39, 0.29) is 12.1 Å². The van der Waals surface area contributed by atoms with Gasteiger partial charge < -0.3 is 16.8 Å². The second-order valence-corrected chi connectivity index (χ2v) is 5.17. The number of rotatable bonds is 9. The fraction of sp³-hybridized carbons (Fsp3) is 0.222. The third kappa shape index (κ3) is 6.82. The topological polar surface area (TPSA) is 134 Å². The van der Waals surface area contributed by atoms with E-state index < -0.39 is 5.91 Å². The van der Waals surface area contributed by atoms with Crippen LogP contribution < -0.4 is 16.8 Å². The number of aryl methyl sites for hydroxylation is 1. The van der Waals surface area contributed by atoms with Gasteiger partial charge in [0.25, 0.3) is 5.91 Å². The lowest BCUT2D eigenvalue weighted by Crippen LogP contribution is -2.22. The molecule has 0 bridgehead atoms. The molecule has 0 unspecified atom stereocenters. The van der Waals surface area contributed by atoms with Gasteiger partial charge in [-0.1, -0.05) is 19.1 Å². The lowest BCUT2D eigenvalue weighted by atomic mass is 10.0. The minimum Gasteiger partial charge on any atom is -0.399 e. The first-order valence-corrected chi connectivity index (χ1v) is 7.85. The second-order valence-electron chi connectivity index (χ2n) is 5.17. The highest BCUT2D eigenvalue weighted by atomic mass is 16.2. The quantitative estimate of drug-likeness (QED) is 0.136. The Labute approximate surface area is 147 Å². The Balaban J connectivity index is 2.90. The number of nitrogen functional groups attached to an aromatic ring is 1. The monoisotopic (exact) mass is 341 g/mol. The Kier molecular flexibility index (Phi) is 8.35. The minimum atomic E-state index is -0.691. The summed E-state index contributed by atoms with van der Waals surface area (Å²) in [5.41, 5.74) is 14.5. The van der Waals surface area contributed by atoms with Crippen LogP contribution in [0.15, 0.2) is 47.1 Å². The van der Waals surface area contributed by atoms with E-state index in [1.807, 2.05) is 25.1 Å². The zero-order chi connectivity index (χ0) is 18.7. The summed E-state index contributed by atoms with van der Waals surface area (Å²) in [5, 5.41) is 9.49. The number of amidine groups is 1. The van der Waals surface area contributed by atoms with E-state index in [2.05, 4.69) is 10.3 Å². The number of aliphatic imine (C=N–C) groups is 1. The zero-order valence-corrected chi connectivity index (χ0v) is 14.2. The molecule has 25 heavy (non-hydrogen) atoms. The minimum absolute atomic E-state index is 0.237. The van der Waals surface area contributed by atoms with E-state index >= 15 is 0 Å². The van der Waals surface area contributed by atoms with E-state index in [0.29, 0.717) is 29.8 Å². The molecule has 0 spiro atoms. The molecule has 0 radical (unpaired) electrons. The zero-order valence-electron chi connectivity index (χ0n) is 14.2. The highest BCUT2D eigenvalue weighted by Crippen LogP contribution is 2.17. The largest absolute Gasteiger partial charge is 0.399 e. The number of carbonyl (C=O) groups is 2. The number of amides is 1. The molecule has 0 fully saturated rings. The van der Waals surface area contributed by atoms with Gasteiger partial charge in [0.2, 0.25) is 6.29 Å². The van der Waals surface area contributed by atoms with Crippen LogP contribution in [0.2, 0.25) is 0 Å². The van der Waals surface area contributed by atoms with Crippen molar-refractivity contribution in [2.45, 2.75) is 26.2 Å². The van der Waals surface area contributed by atoms with Crippen LogP contribution >= 0.6 is 0 Å². The van der Waals surface area contributed by atoms with Crippen molar-refractivity contribution < 1.29 is 9.59 Å². The molecule has 7 nitrogen and oxygen atoms in total. The number of hydrogen-bond acceptors (Lipinski definition) is 4. The first-order chi connectivity index (χ1) is 12.0. The van der Waals surface area contributed by atoms with Crippen molar-refractivity contribution >= 4 is 30.1 Å². The number of hydrogen-bond donors (Lipinski definition) is 4. The molecule has 0 aromatic heterocycles. The summed E-state index contributed by atoms with van der Waals surface area (Å²) in [7, 11) is 0. The van der Waals surface area contributed by atoms with Gasteiger partial charge in [-0.05, 0) is 49.1 Å². The van der Waals surface area contributed by atoms with Crippen molar-refractivity contribution in [1.82, 2.24) is 5.32 Å². The molecule has 0 heterocycles. The molecule has 1 rings (SSSR count). The Morgan fingerprint density at radius 3 is 2.80 bits per heavy atom. The van der Waals surface area contributed by atoms with E-state index in [0.717, 1.165) is 18.3 Å². The van der Waals surface area contributed by atoms with Crippen molar-refractivity contribution in [3.05, 3.63) is 53.3 Å². The van der Waals surface area contributed by atoms with Crippen LogP contribution in [0, 0.1) is 5.41 Å². The van der Waals surface area contributed by atoms with Crippen LogP contribution in [-0.2, 0) is 16.0 Å². The molecular formula is C18H23N5O2. The van der Waals surface area contributed by atoms with Crippen LogP contribution in [0.3, 0.4) is 0 Å². The van der Waals surface area contributed by atoms with Crippen LogP contribution in [0.4, 0.5) is 5.69 Å². The predicted octanol–water partition coefficient (Wildman–Crippen LogP) is 1.68. The number of nitrogens with two attached hydrogens (primary N) is 2. The number of allylic oxidation sites excluding steroid dienone is 3. The smallest absolute Gasteiger partial charge is 0.288 e. The summed E-state index contributed by atoms with van der Waals surface area (Å²) in [6.07, 6.45) is 8.65. The van der Waals surface area contributed by atoms with Gasteiger partial charge in [-0.15, -0.1) is 0 Å². The maximum Gasteiger partial charge on any atom is 0.288 e. The second kappa shape index (κ2) is 10.5. The average Bonchev–Trinajstić information content (AvgIpc) is 2.60. The molecule has 132 valence electrons. The Morgan fingerprint density at radius 1 is 1.40 bits per heavy atom. The van der Waals surface area contributed by atoms with Crippen molar-refractivity contribution in [1.29, 1.82) is 5.41 Å². The molecule has 6 N–H and O–H groups in total. The number of benzene rings is 1. The van der Waals surface area contributed by atoms with Gasteiger partial charge in [0, 0.05) is 16.9 Å². The van der Waals surface area contributed by atoms with Gasteiger partial charge >= 0.3 is 0 Å². The van der Waals surface area contributed by atoms with Gasteiger partial charge in [-0.3, -0.25) is 15.0 Å². The lowest BCUT2D eigenvalue weighted by molar-refractivity contribution is -0.130. The van der Waals surface area contributed by atoms with E-state index in [9.17, 15) is 9.59 Å². The first-order valence-electron chi connectivity index (χ1n) is 7.85. The SMILES string of the molecule is CC/C=C\C(=C/CCc1cc(C(N)=NC=N)ccc1N)NC(=O)C=O. The van der Waals surface area contributed by atoms with Gasteiger partial charge in [-0.25, -0.2) is 4.99 Å². The molecule has 1 aromatic carbocycles. The predicted molar refractivity (Wildman–Crippen MR) is 100 cm³/mol. The number of aldehydes is 1. The van der Waals surface area contributed by atoms with Crippen molar-refractivity contribution in [3.63, 3.8) is 0 Å². The van der Waals surface area contributed by atoms with Crippen molar-refractivity contribution in [3.8, 4) is 0 Å². The van der Waals surface area contributed by atoms with E-state index in [1.54, 1.807) is 18.2 Å². The lowest BCUT2D eigenvalue weighted by Gasteiger charge is -2.08. The molecular weight excluding hydrogens is 318 g/mol. The van der Waals surface area contributed by atoms with Gasteiger partial charge in [0.15, 0.2) is 0 Å². The maximum absolute atomic E-state index is 11.2. The summed E-state index contributed by atoms with van der Waals surface area (Å²) in [4.78, 5) is 25.5.